The predicted octanol–water partition coefficient (Wildman–Crippen LogP) is 4.23. The van der Waals surface area contributed by atoms with E-state index in [9.17, 15) is 5.11 Å². The highest BCUT2D eigenvalue weighted by molar-refractivity contribution is 5.48. The molecular formula is C18H22O2. The average molecular weight is 270 g/mol. The summed E-state index contributed by atoms with van der Waals surface area (Å²) in [6.07, 6.45) is 0.736. The van der Waals surface area contributed by atoms with Crippen molar-refractivity contribution in [2.24, 2.45) is 0 Å². The van der Waals surface area contributed by atoms with Gasteiger partial charge in [-0.05, 0) is 55.5 Å². The molecular weight excluding hydrogens is 248 g/mol. The van der Waals surface area contributed by atoms with E-state index in [1.54, 1.807) is 7.11 Å². The van der Waals surface area contributed by atoms with Gasteiger partial charge in [-0.2, -0.15) is 0 Å². The minimum atomic E-state index is 0.404. The van der Waals surface area contributed by atoms with Gasteiger partial charge in [0.05, 0.1) is 7.11 Å². The van der Waals surface area contributed by atoms with Gasteiger partial charge in [0, 0.05) is 6.42 Å². The molecule has 0 aliphatic heterocycles. The molecule has 0 saturated carbocycles. The van der Waals surface area contributed by atoms with Crippen molar-refractivity contribution in [2.45, 2.75) is 34.1 Å². The van der Waals surface area contributed by atoms with Gasteiger partial charge in [-0.1, -0.05) is 29.8 Å². The van der Waals surface area contributed by atoms with E-state index in [-0.39, 0.29) is 0 Å². The molecule has 0 fully saturated rings. The molecule has 0 amide bonds. The van der Waals surface area contributed by atoms with Gasteiger partial charge in [0.1, 0.15) is 11.5 Å². The molecule has 0 spiro atoms. The van der Waals surface area contributed by atoms with Crippen LogP contribution in [-0.4, -0.2) is 12.2 Å². The van der Waals surface area contributed by atoms with Gasteiger partial charge < -0.3 is 9.84 Å². The summed E-state index contributed by atoms with van der Waals surface area (Å²) in [5, 5.41) is 10.2. The summed E-state index contributed by atoms with van der Waals surface area (Å²) in [6.45, 7) is 8.10. The maximum Gasteiger partial charge on any atom is 0.124 e. The van der Waals surface area contributed by atoms with E-state index in [1.807, 2.05) is 13.0 Å². The Bertz CT molecular complexity index is 619. The molecule has 2 aromatic carbocycles. The quantitative estimate of drug-likeness (QED) is 0.904. The molecule has 0 heterocycles. The second kappa shape index (κ2) is 5.58. The normalized spacial score (nSPS) is 10.7. The fourth-order valence-corrected chi connectivity index (χ4v) is 2.87. The number of rotatable bonds is 3. The standard InChI is InChI=1S/C18H22O2/c1-11-6-12(2)17(19)16(7-11)10-15-8-13(3)18(20-5)14(4)9-15/h6-9,19H,10H2,1-5H3. The van der Waals surface area contributed by atoms with Crippen molar-refractivity contribution in [3.05, 3.63) is 57.6 Å². The van der Waals surface area contributed by atoms with Crippen LogP contribution in [0.3, 0.4) is 0 Å². The second-order valence-corrected chi connectivity index (χ2v) is 5.53. The van der Waals surface area contributed by atoms with Crippen LogP contribution in [0.25, 0.3) is 0 Å². The van der Waals surface area contributed by atoms with E-state index >= 15 is 0 Å². The van der Waals surface area contributed by atoms with Gasteiger partial charge in [0.25, 0.3) is 0 Å². The lowest BCUT2D eigenvalue weighted by atomic mass is 9.96. The average Bonchev–Trinajstić information content (AvgIpc) is 2.35. The molecule has 0 saturated heterocycles. The smallest absolute Gasteiger partial charge is 0.124 e. The van der Waals surface area contributed by atoms with E-state index in [4.69, 9.17) is 4.74 Å². The van der Waals surface area contributed by atoms with Crippen LogP contribution >= 0.6 is 0 Å². The first kappa shape index (κ1) is 14.4. The molecule has 2 rings (SSSR count). The Labute approximate surface area is 121 Å². The van der Waals surface area contributed by atoms with E-state index in [2.05, 4.69) is 39.0 Å². The summed E-state index contributed by atoms with van der Waals surface area (Å²) >= 11 is 0. The van der Waals surface area contributed by atoms with Crippen molar-refractivity contribution in [3.8, 4) is 11.5 Å². The van der Waals surface area contributed by atoms with Crippen molar-refractivity contribution >= 4 is 0 Å². The zero-order valence-corrected chi connectivity index (χ0v) is 12.9. The van der Waals surface area contributed by atoms with Gasteiger partial charge in [0.2, 0.25) is 0 Å². The van der Waals surface area contributed by atoms with Crippen LogP contribution in [0.1, 0.15) is 33.4 Å². The number of ether oxygens (including phenoxy) is 1. The molecule has 0 atom stereocenters. The summed E-state index contributed by atoms with van der Waals surface area (Å²) in [4.78, 5) is 0. The van der Waals surface area contributed by atoms with E-state index < -0.39 is 0 Å². The van der Waals surface area contributed by atoms with E-state index in [1.165, 1.54) is 11.1 Å². The molecule has 2 nitrogen and oxygen atoms in total. The summed E-state index contributed by atoms with van der Waals surface area (Å²) in [5.41, 5.74) is 6.55. The molecule has 0 aliphatic rings. The Hall–Kier alpha value is -1.96. The highest BCUT2D eigenvalue weighted by atomic mass is 16.5. The molecule has 106 valence electrons. The van der Waals surface area contributed by atoms with Crippen molar-refractivity contribution in [2.75, 3.05) is 7.11 Å². The van der Waals surface area contributed by atoms with Crippen LogP contribution in [0.4, 0.5) is 0 Å². The Morgan fingerprint density at radius 1 is 0.900 bits per heavy atom. The highest BCUT2D eigenvalue weighted by Gasteiger charge is 2.10. The maximum atomic E-state index is 10.2. The first-order chi connectivity index (χ1) is 9.42. The molecule has 0 radical (unpaired) electrons. The lowest BCUT2D eigenvalue weighted by Crippen LogP contribution is -1.97. The van der Waals surface area contributed by atoms with Crippen LogP contribution in [0.2, 0.25) is 0 Å². The van der Waals surface area contributed by atoms with Gasteiger partial charge in [-0.15, -0.1) is 0 Å². The number of hydrogen-bond donors (Lipinski definition) is 1. The van der Waals surface area contributed by atoms with Gasteiger partial charge in [-0.3, -0.25) is 0 Å². The summed E-state index contributed by atoms with van der Waals surface area (Å²) in [6, 6.07) is 8.31. The van der Waals surface area contributed by atoms with Crippen molar-refractivity contribution in [1.82, 2.24) is 0 Å². The second-order valence-electron chi connectivity index (χ2n) is 5.53. The SMILES string of the molecule is COc1c(C)cc(Cc2cc(C)cc(C)c2O)cc1C. The lowest BCUT2D eigenvalue weighted by molar-refractivity contribution is 0.408. The minimum Gasteiger partial charge on any atom is -0.507 e. The fraction of sp³-hybridized carbons (Fsp3) is 0.333. The zero-order chi connectivity index (χ0) is 14.9. The molecule has 1 N–H and O–H groups in total. The Morgan fingerprint density at radius 3 is 2.05 bits per heavy atom. The summed E-state index contributed by atoms with van der Waals surface area (Å²) in [7, 11) is 1.70. The predicted molar refractivity (Wildman–Crippen MR) is 82.9 cm³/mol. The summed E-state index contributed by atoms with van der Waals surface area (Å²) < 4.78 is 5.39. The molecule has 0 unspecified atom stereocenters. The third-order valence-corrected chi connectivity index (χ3v) is 3.64. The molecule has 2 aromatic rings. The van der Waals surface area contributed by atoms with Crippen LogP contribution in [0.5, 0.6) is 11.5 Å². The van der Waals surface area contributed by atoms with Gasteiger partial charge >= 0.3 is 0 Å². The number of methoxy groups -OCH3 is 1. The molecule has 20 heavy (non-hydrogen) atoms. The zero-order valence-electron chi connectivity index (χ0n) is 12.9. The molecule has 2 heteroatoms. The number of phenolic OH excluding ortho intramolecular Hbond substituents is 1. The number of aromatic hydroxyl groups is 1. The minimum absolute atomic E-state index is 0.404. The third kappa shape index (κ3) is 2.79. The Balaban J connectivity index is 2.40. The number of benzene rings is 2. The summed E-state index contributed by atoms with van der Waals surface area (Å²) in [5.74, 6) is 1.35. The Morgan fingerprint density at radius 2 is 1.50 bits per heavy atom. The molecule has 0 aromatic heterocycles. The molecule has 0 bridgehead atoms. The lowest BCUT2D eigenvalue weighted by Gasteiger charge is -2.13. The van der Waals surface area contributed by atoms with Crippen LogP contribution in [0.15, 0.2) is 24.3 Å². The first-order valence-electron chi connectivity index (χ1n) is 6.85. The number of phenols is 1. The highest BCUT2D eigenvalue weighted by Crippen LogP contribution is 2.29. The van der Waals surface area contributed by atoms with Gasteiger partial charge in [0.15, 0.2) is 0 Å². The van der Waals surface area contributed by atoms with E-state index in [0.717, 1.165) is 34.4 Å². The van der Waals surface area contributed by atoms with Crippen molar-refractivity contribution in [1.29, 1.82) is 0 Å². The van der Waals surface area contributed by atoms with Crippen LogP contribution in [-0.2, 0) is 6.42 Å². The number of hydrogen-bond acceptors (Lipinski definition) is 2. The van der Waals surface area contributed by atoms with Crippen molar-refractivity contribution < 1.29 is 9.84 Å². The maximum absolute atomic E-state index is 10.2. The monoisotopic (exact) mass is 270 g/mol. The Kier molecular flexibility index (Phi) is 4.03. The largest absolute Gasteiger partial charge is 0.507 e. The topological polar surface area (TPSA) is 29.5 Å². The van der Waals surface area contributed by atoms with Crippen LogP contribution < -0.4 is 4.74 Å². The number of aryl methyl sites for hydroxylation is 4. The fourth-order valence-electron chi connectivity index (χ4n) is 2.87. The van der Waals surface area contributed by atoms with Crippen molar-refractivity contribution in [3.63, 3.8) is 0 Å². The molecule has 0 aliphatic carbocycles. The van der Waals surface area contributed by atoms with Crippen LogP contribution in [0, 0.1) is 27.7 Å². The first-order valence-corrected chi connectivity index (χ1v) is 6.85. The third-order valence-electron chi connectivity index (χ3n) is 3.64. The van der Waals surface area contributed by atoms with E-state index in [0.29, 0.717) is 5.75 Å². The van der Waals surface area contributed by atoms with Gasteiger partial charge in [-0.25, -0.2) is 0 Å².